The van der Waals surface area contributed by atoms with E-state index in [9.17, 15) is 5.11 Å². The molecule has 1 aromatic carbocycles. The van der Waals surface area contributed by atoms with Crippen LogP contribution >= 0.6 is 17.0 Å². The number of aromatic hydroxyl groups is 1. The Balaban J connectivity index is 0.000000970. The van der Waals surface area contributed by atoms with Gasteiger partial charge >= 0.3 is 37.9 Å². The van der Waals surface area contributed by atoms with E-state index in [2.05, 4.69) is 52.7 Å². The van der Waals surface area contributed by atoms with Gasteiger partial charge in [0.2, 0.25) is 0 Å². The molecule has 136 valence electrons. The van der Waals surface area contributed by atoms with E-state index in [0.717, 1.165) is 11.1 Å². The monoisotopic (exact) mass is 458 g/mol. The van der Waals surface area contributed by atoms with Crippen molar-refractivity contribution in [1.29, 1.82) is 0 Å². The summed E-state index contributed by atoms with van der Waals surface area (Å²) in [6.07, 6.45) is 5.46. The molecule has 6 heteroatoms. The predicted molar refractivity (Wildman–Crippen MR) is 105 cm³/mol. The van der Waals surface area contributed by atoms with Gasteiger partial charge in [-0.3, -0.25) is 0 Å². The van der Waals surface area contributed by atoms with Crippen LogP contribution in [0.25, 0.3) is 0 Å². The van der Waals surface area contributed by atoms with Gasteiger partial charge in [-0.15, -0.1) is 0 Å². The third-order valence-electron chi connectivity index (χ3n) is 3.73. The SMILES string of the molecule is CC(C)(C)c1cc(/C=N/n2cccc2)c(O)c(C(C)(C)C)c1.[Cl][Zr][Cl]. The first kappa shape index (κ1) is 22.5. The number of nitrogens with zero attached hydrogens (tertiary/aromatic N) is 2. The molecule has 2 rings (SSSR count). The Morgan fingerprint density at radius 2 is 1.52 bits per heavy atom. The van der Waals surface area contributed by atoms with E-state index in [1.807, 2.05) is 30.6 Å². The van der Waals surface area contributed by atoms with Crippen molar-refractivity contribution in [1.82, 2.24) is 4.68 Å². The van der Waals surface area contributed by atoms with Crippen LogP contribution < -0.4 is 0 Å². The molecule has 1 aromatic heterocycles. The zero-order chi connectivity index (χ0) is 19.3. The summed E-state index contributed by atoms with van der Waals surface area (Å²) >= 11 is -0.826. The number of halogens is 2. The summed E-state index contributed by atoms with van der Waals surface area (Å²) < 4.78 is 1.72. The molecule has 0 unspecified atom stereocenters. The van der Waals surface area contributed by atoms with E-state index < -0.39 is 20.8 Å². The molecular weight excluding hydrogens is 434 g/mol. The zero-order valence-corrected chi connectivity index (χ0v) is 19.6. The van der Waals surface area contributed by atoms with Gasteiger partial charge in [0.05, 0.1) is 6.21 Å². The second-order valence-electron chi connectivity index (χ2n) is 7.84. The molecule has 3 nitrogen and oxygen atoms in total. The van der Waals surface area contributed by atoms with Crippen LogP contribution in [0.3, 0.4) is 0 Å². The van der Waals surface area contributed by atoms with Gasteiger partial charge in [-0.1, -0.05) is 47.6 Å². The first-order chi connectivity index (χ1) is 11.5. The van der Waals surface area contributed by atoms with Crippen molar-refractivity contribution in [3.8, 4) is 5.75 Å². The summed E-state index contributed by atoms with van der Waals surface area (Å²) in [5, 5.41) is 15.0. The van der Waals surface area contributed by atoms with Crippen molar-refractivity contribution in [3.05, 3.63) is 53.3 Å². The van der Waals surface area contributed by atoms with Crippen molar-refractivity contribution in [2.75, 3.05) is 0 Å². The maximum absolute atomic E-state index is 10.6. The van der Waals surface area contributed by atoms with Crippen LogP contribution in [-0.4, -0.2) is 16.0 Å². The van der Waals surface area contributed by atoms with Crippen molar-refractivity contribution in [2.45, 2.75) is 52.4 Å². The molecule has 0 aliphatic rings. The minimum absolute atomic E-state index is 0.0176. The van der Waals surface area contributed by atoms with Crippen LogP contribution in [0.1, 0.15) is 58.2 Å². The van der Waals surface area contributed by atoms with Crippen molar-refractivity contribution < 1.29 is 26.0 Å². The summed E-state index contributed by atoms with van der Waals surface area (Å²) in [5.74, 6) is 0.316. The van der Waals surface area contributed by atoms with E-state index in [1.165, 1.54) is 5.56 Å². The molecule has 2 aromatic rings. The van der Waals surface area contributed by atoms with Gasteiger partial charge in [0.25, 0.3) is 0 Å². The van der Waals surface area contributed by atoms with Gasteiger partial charge < -0.3 is 5.11 Å². The van der Waals surface area contributed by atoms with E-state index in [-0.39, 0.29) is 10.8 Å². The fraction of sp³-hybridized carbons (Fsp3) is 0.421. The van der Waals surface area contributed by atoms with E-state index in [1.54, 1.807) is 10.9 Å². The normalized spacial score (nSPS) is 12.0. The molecular formula is C19H26Cl2N2OZr. The van der Waals surface area contributed by atoms with Crippen LogP contribution in [0.4, 0.5) is 0 Å². The van der Waals surface area contributed by atoms with Crippen LogP contribution in [-0.2, 0) is 31.7 Å². The Bertz CT molecular complexity index is 699. The van der Waals surface area contributed by atoms with Crippen molar-refractivity contribution >= 4 is 23.2 Å². The molecule has 1 N–H and O–H groups in total. The fourth-order valence-electron chi connectivity index (χ4n) is 2.29. The fourth-order valence-corrected chi connectivity index (χ4v) is 2.29. The maximum atomic E-state index is 10.6. The van der Waals surface area contributed by atoms with Gasteiger partial charge in [0, 0.05) is 23.5 Å². The molecule has 0 saturated heterocycles. The van der Waals surface area contributed by atoms with Crippen LogP contribution in [0.2, 0.25) is 0 Å². The third kappa shape index (κ3) is 6.92. The summed E-state index contributed by atoms with van der Waals surface area (Å²) in [4.78, 5) is 0. The molecule has 0 radical (unpaired) electrons. The zero-order valence-electron chi connectivity index (χ0n) is 15.6. The average Bonchev–Trinajstić information content (AvgIpc) is 2.97. The standard InChI is InChI=1S/C19H26N2O.2ClH.Zr/c1-18(2,3)15-11-14(13-20-21-9-7-8-10-21)17(22)16(12-15)19(4,5)6;;;/h7-13,22H,1-6H3;2*1H;/q;;;+2/p-2/b20-13+;;;. The predicted octanol–water partition coefficient (Wildman–Crippen LogP) is 6.05. The van der Waals surface area contributed by atoms with Gasteiger partial charge in [-0.05, 0) is 34.6 Å². The molecule has 0 aliphatic carbocycles. The number of hydrogen-bond donors (Lipinski definition) is 1. The Morgan fingerprint density at radius 1 is 1.00 bits per heavy atom. The molecule has 0 spiro atoms. The van der Waals surface area contributed by atoms with Crippen LogP contribution in [0, 0.1) is 0 Å². The van der Waals surface area contributed by atoms with Crippen molar-refractivity contribution in [3.63, 3.8) is 0 Å². The third-order valence-corrected chi connectivity index (χ3v) is 3.73. The number of phenolic OH excluding ortho intramolecular Hbond substituents is 1. The summed E-state index contributed by atoms with van der Waals surface area (Å²) in [6, 6.07) is 7.98. The van der Waals surface area contributed by atoms with Gasteiger partial charge in [0.1, 0.15) is 5.75 Å². The second kappa shape index (κ2) is 9.39. The van der Waals surface area contributed by atoms with Gasteiger partial charge in [-0.25, -0.2) is 4.68 Å². The molecule has 0 bridgehead atoms. The van der Waals surface area contributed by atoms with E-state index in [0.29, 0.717) is 5.75 Å². The van der Waals surface area contributed by atoms with E-state index in [4.69, 9.17) is 17.0 Å². The molecule has 0 fully saturated rings. The minimum atomic E-state index is -0.826. The Hall–Kier alpha value is -0.567. The Labute approximate surface area is 169 Å². The number of phenols is 1. The van der Waals surface area contributed by atoms with Gasteiger partial charge in [0.15, 0.2) is 0 Å². The first-order valence-electron chi connectivity index (χ1n) is 8.02. The average molecular weight is 461 g/mol. The molecule has 25 heavy (non-hydrogen) atoms. The summed E-state index contributed by atoms with van der Waals surface area (Å²) in [5.41, 5.74) is 2.80. The number of hydrogen-bond acceptors (Lipinski definition) is 2. The summed E-state index contributed by atoms with van der Waals surface area (Å²) in [6.45, 7) is 12.9. The van der Waals surface area contributed by atoms with Crippen LogP contribution in [0.15, 0.2) is 41.8 Å². The van der Waals surface area contributed by atoms with Crippen molar-refractivity contribution in [2.24, 2.45) is 5.10 Å². The topological polar surface area (TPSA) is 37.5 Å². The molecule has 0 aliphatic heterocycles. The molecule has 0 amide bonds. The number of aromatic nitrogens is 1. The molecule has 1 heterocycles. The molecule has 0 saturated carbocycles. The summed E-state index contributed by atoms with van der Waals surface area (Å²) in [7, 11) is 9.87. The van der Waals surface area contributed by atoms with Crippen LogP contribution in [0.5, 0.6) is 5.75 Å². The number of rotatable bonds is 2. The Kier molecular flexibility index (Phi) is 8.44. The first-order valence-corrected chi connectivity index (χ1v) is 14.3. The quantitative estimate of drug-likeness (QED) is 0.545. The van der Waals surface area contributed by atoms with E-state index >= 15 is 0 Å². The Morgan fingerprint density at radius 3 is 1.96 bits per heavy atom. The second-order valence-corrected chi connectivity index (χ2v) is 11.6. The number of benzene rings is 1. The van der Waals surface area contributed by atoms with Gasteiger partial charge in [-0.2, -0.15) is 5.10 Å². The molecule has 0 atom stereocenters.